The van der Waals surface area contributed by atoms with Gasteiger partial charge in [0.2, 0.25) is 11.9 Å². The highest BCUT2D eigenvalue weighted by molar-refractivity contribution is 5.58. The maximum absolute atomic E-state index is 5.64. The molecule has 1 aromatic carbocycles. The Kier molecular flexibility index (Phi) is 8.98. The predicted molar refractivity (Wildman–Crippen MR) is 134 cm³/mol. The fourth-order valence-electron chi connectivity index (χ4n) is 3.68. The highest BCUT2D eigenvalue weighted by Crippen LogP contribution is 2.21. The molecule has 9 heteroatoms. The number of ether oxygens (including phenoxy) is 2. The number of hydrogen-bond acceptors (Lipinski definition) is 9. The highest BCUT2D eigenvalue weighted by Gasteiger charge is 2.21. The van der Waals surface area contributed by atoms with Gasteiger partial charge >= 0.3 is 0 Å². The number of nitrogens with one attached hydrogen (secondary N) is 1. The van der Waals surface area contributed by atoms with E-state index >= 15 is 0 Å². The first kappa shape index (κ1) is 23.8. The average molecular weight is 464 g/mol. The fourth-order valence-corrected chi connectivity index (χ4v) is 3.68. The summed E-state index contributed by atoms with van der Waals surface area (Å²) in [6, 6.07) is 16.0. The van der Waals surface area contributed by atoms with Gasteiger partial charge in [0.05, 0.1) is 19.8 Å². The summed E-state index contributed by atoms with van der Waals surface area (Å²) in [6.45, 7) is 8.58. The van der Waals surface area contributed by atoms with E-state index in [1.807, 2.05) is 54.7 Å². The number of pyridine rings is 1. The third-order valence-electron chi connectivity index (χ3n) is 5.44. The number of nitrogens with zero attached hydrogens (tertiary/aromatic N) is 6. The Morgan fingerprint density at radius 2 is 1.53 bits per heavy atom. The minimum Gasteiger partial charge on any atom is -0.379 e. The number of aromatic nitrogens is 4. The van der Waals surface area contributed by atoms with E-state index in [2.05, 4.69) is 32.0 Å². The summed E-state index contributed by atoms with van der Waals surface area (Å²) >= 11 is 0. The van der Waals surface area contributed by atoms with Gasteiger partial charge in [-0.15, -0.1) is 0 Å². The normalized spacial score (nSPS) is 13.8. The Hall–Kier alpha value is -3.30. The van der Waals surface area contributed by atoms with Gasteiger partial charge in [-0.1, -0.05) is 43.3 Å². The molecule has 2 aromatic heterocycles. The van der Waals surface area contributed by atoms with Crippen LogP contribution in [0.1, 0.15) is 13.3 Å². The second-order valence-electron chi connectivity index (χ2n) is 7.96. The van der Waals surface area contributed by atoms with Crippen LogP contribution < -0.4 is 15.1 Å². The molecule has 0 aliphatic carbocycles. The van der Waals surface area contributed by atoms with Crippen molar-refractivity contribution in [3.05, 3.63) is 54.7 Å². The van der Waals surface area contributed by atoms with Crippen LogP contribution in [0, 0.1) is 0 Å². The molecule has 0 unspecified atom stereocenters. The molecule has 3 heterocycles. The highest BCUT2D eigenvalue weighted by atomic mass is 16.5. The Bertz CT molecular complexity index is 983. The monoisotopic (exact) mass is 463 g/mol. The minimum absolute atomic E-state index is 0.555. The Morgan fingerprint density at radius 1 is 0.794 bits per heavy atom. The SMILES string of the molecule is CCCOCCOCCNc1nc(-c2ccccc2)nc(N2CCN(c3ccccn3)CC2)n1. The molecule has 0 radical (unpaired) electrons. The van der Waals surface area contributed by atoms with E-state index in [0.29, 0.717) is 44.1 Å². The molecule has 1 aliphatic rings. The molecule has 0 spiro atoms. The largest absolute Gasteiger partial charge is 0.379 e. The predicted octanol–water partition coefficient (Wildman–Crippen LogP) is 3.12. The van der Waals surface area contributed by atoms with E-state index < -0.39 is 0 Å². The third kappa shape index (κ3) is 6.85. The number of rotatable bonds is 12. The van der Waals surface area contributed by atoms with Crippen molar-refractivity contribution in [3.63, 3.8) is 0 Å². The van der Waals surface area contributed by atoms with E-state index in [-0.39, 0.29) is 0 Å². The summed E-state index contributed by atoms with van der Waals surface area (Å²) in [7, 11) is 0. The van der Waals surface area contributed by atoms with Gasteiger partial charge in [0.15, 0.2) is 5.82 Å². The first-order valence-corrected chi connectivity index (χ1v) is 12.0. The summed E-state index contributed by atoms with van der Waals surface area (Å²) in [5.74, 6) is 2.91. The van der Waals surface area contributed by atoms with Crippen LogP contribution in [0.4, 0.5) is 17.7 Å². The zero-order chi connectivity index (χ0) is 23.4. The van der Waals surface area contributed by atoms with Gasteiger partial charge < -0.3 is 24.6 Å². The molecule has 0 saturated carbocycles. The molecule has 0 bridgehead atoms. The van der Waals surface area contributed by atoms with Crippen molar-refractivity contribution in [2.75, 3.05) is 74.3 Å². The topological polar surface area (TPSA) is 88.5 Å². The number of benzene rings is 1. The van der Waals surface area contributed by atoms with Crippen molar-refractivity contribution in [2.45, 2.75) is 13.3 Å². The van der Waals surface area contributed by atoms with Crippen LogP contribution in [-0.4, -0.2) is 79.1 Å². The van der Waals surface area contributed by atoms with Gasteiger partial charge in [-0.05, 0) is 18.6 Å². The van der Waals surface area contributed by atoms with Gasteiger partial charge in [-0.25, -0.2) is 4.98 Å². The van der Waals surface area contributed by atoms with Gasteiger partial charge in [-0.2, -0.15) is 15.0 Å². The minimum atomic E-state index is 0.555. The molecule has 34 heavy (non-hydrogen) atoms. The lowest BCUT2D eigenvalue weighted by atomic mass is 10.2. The van der Waals surface area contributed by atoms with Crippen molar-refractivity contribution in [3.8, 4) is 11.4 Å². The zero-order valence-electron chi connectivity index (χ0n) is 19.8. The van der Waals surface area contributed by atoms with Crippen LogP contribution in [0.25, 0.3) is 11.4 Å². The molecule has 4 rings (SSSR count). The molecule has 1 fully saturated rings. The molecule has 1 aliphatic heterocycles. The van der Waals surface area contributed by atoms with Gasteiger partial charge in [0.1, 0.15) is 5.82 Å². The summed E-state index contributed by atoms with van der Waals surface area (Å²) in [5.41, 5.74) is 0.964. The van der Waals surface area contributed by atoms with Crippen LogP contribution in [0.15, 0.2) is 54.7 Å². The average Bonchev–Trinajstić information content (AvgIpc) is 2.91. The summed E-state index contributed by atoms with van der Waals surface area (Å²) in [6.07, 6.45) is 2.85. The molecule has 0 atom stereocenters. The standard InChI is InChI=1S/C25H33N7O2/c1-2-17-33-19-20-34-18-12-27-24-28-23(21-8-4-3-5-9-21)29-25(30-24)32-15-13-31(14-16-32)22-10-6-7-11-26-22/h3-11H,2,12-20H2,1H3,(H,27,28,29,30). The Balaban J connectivity index is 1.39. The van der Waals surface area contributed by atoms with Crippen molar-refractivity contribution < 1.29 is 9.47 Å². The fraction of sp³-hybridized carbons (Fsp3) is 0.440. The van der Waals surface area contributed by atoms with Crippen LogP contribution in [-0.2, 0) is 9.47 Å². The molecule has 3 aromatic rings. The van der Waals surface area contributed by atoms with Crippen molar-refractivity contribution >= 4 is 17.7 Å². The lowest BCUT2D eigenvalue weighted by Crippen LogP contribution is -2.47. The molecular weight excluding hydrogens is 430 g/mol. The van der Waals surface area contributed by atoms with Crippen LogP contribution >= 0.6 is 0 Å². The zero-order valence-corrected chi connectivity index (χ0v) is 19.8. The molecule has 9 nitrogen and oxygen atoms in total. The van der Waals surface area contributed by atoms with Crippen molar-refractivity contribution in [1.29, 1.82) is 0 Å². The van der Waals surface area contributed by atoms with E-state index in [1.165, 1.54) is 0 Å². The summed E-state index contributed by atoms with van der Waals surface area (Å²) < 4.78 is 11.1. The van der Waals surface area contributed by atoms with Gasteiger partial charge in [-0.3, -0.25) is 0 Å². The summed E-state index contributed by atoms with van der Waals surface area (Å²) in [4.78, 5) is 23.1. The Labute approximate surface area is 201 Å². The number of hydrogen-bond donors (Lipinski definition) is 1. The van der Waals surface area contributed by atoms with Crippen LogP contribution in [0.2, 0.25) is 0 Å². The maximum atomic E-state index is 5.64. The van der Waals surface area contributed by atoms with E-state index in [0.717, 1.165) is 50.6 Å². The van der Waals surface area contributed by atoms with E-state index in [9.17, 15) is 0 Å². The molecule has 1 N–H and O–H groups in total. The Morgan fingerprint density at radius 3 is 2.26 bits per heavy atom. The maximum Gasteiger partial charge on any atom is 0.230 e. The first-order valence-electron chi connectivity index (χ1n) is 12.0. The van der Waals surface area contributed by atoms with Gasteiger partial charge in [0, 0.05) is 51.1 Å². The van der Waals surface area contributed by atoms with Crippen molar-refractivity contribution in [1.82, 2.24) is 19.9 Å². The van der Waals surface area contributed by atoms with Crippen LogP contribution in [0.5, 0.6) is 0 Å². The van der Waals surface area contributed by atoms with E-state index in [4.69, 9.17) is 19.4 Å². The second kappa shape index (κ2) is 12.8. The first-order chi connectivity index (χ1) is 16.8. The third-order valence-corrected chi connectivity index (χ3v) is 5.44. The summed E-state index contributed by atoms with van der Waals surface area (Å²) in [5, 5.41) is 3.30. The lowest BCUT2D eigenvalue weighted by Gasteiger charge is -2.35. The smallest absolute Gasteiger partial charge is 0.230 e. The van der Waals surface area contributed by atoms with E-state index in [1.54, 1.807) is 0 Å². The lowest BCUT2D eigenvalue weighted by molar-refractivity contribution is 0.0518. The number of piperazine rings is 1. The van der Waals surface area contributed by atoms with Crippen LogP contribution in [0.3, 0.4) is 0 Å². The van der Waals surface area contributed by atoms with Gasteiger partial charge in [0.25, 0.3) is 0 Å². The molecule has 180 valence electrons. The molecular formula is C25H33N7O2. The number of anilines is 3. The quantitative estimate of drug-likeness (QED) is 0.407. The van der Waals surface area contributed by atoms with Crippen molar-refractivity contribution in [2.24, 2.45) is 0 Å². The molecule has 1 saturated heterocycles. The second-order valence-corrected chi connectivity index (χ2v) is 7.96. The molecule has 0 amide bonds.